The number of benzene rings is 1. The molecule has 1 fully saturated rings. The summed E-state index contributed by atoms with van der Waals surface area (Å²) >= 11 is 0. The molecule has 1 aromatic carbocycles. The highest BCUT2D eigenvalue weighted by Gasteiger charge is 2.37. The summed E-state index contributed by atoms with van der Waals surface area (Å²) in [6.45, 7) is 2.10. The van der Waals surface area contributed by atoms with Crippen molar-refractivity contribution >= 4 is 6.16 Å². The summed E-state index contributed by atoms with van der Waals surface area (Å²) in [5.74, 6) is 1.15. The quantitative estimate of drug-likeness (QED) is 0.819. The number of carbonyl (C=O) groups is 1. The zero-order valence-electron chi connectivity index (χ0n) is 10.8. The Hall–Kier alpha value is -1.95. The second-order valence-corrected chi connectivity index (χ2v) is 3.97. The number of aliphatic hydroxyl groups is 1. The van der Waals surface area contributed by atoms with Crippen molar-refractivity contribution in [1.29, 1.82) is 0 Å². The van der Waals surface area contributed by atoms with E-state index in [0.29, 0.717) is 23.7 Å². The summed E-state index contributed by atoms with van der Waals surface area (Å²) < 4.78 is 20.5. The van der Waals surface area contributed by atoms with Gasteiger partial charge < -0.3 is 24.1 Å². The van der Waals surface area contributed by atoms with E-state index in [1.807, 2.05) is 6.92 Å². The van der Waals surface area contributed by atoms with Crippen molar-refractivity contribution in [3.63, 3.8) is 0 Å². The average molecular weight is 268 g/mol. The third kappa shape index (κ3) is 2.73. The van der Waals surface area contributed by atoms with Gasteiger partial charge in [-0.1, -0.05) is 6.07 Å². The Balaban J connectivity index is 2.27. The number of hydrogen-bond acceptors (Lipinski definition) is 6. The fourth-order valence-corrected chi connectivity index (χ4v) is 1.94. The van der Waals surface area contributed by atoms with Crippen LogP contribution in [-0.2, 0) is 9.47 Å². The Bertz CT molecular complexity index is 458. The third-order valence-electron chi connectivity index (χ3n) is 2.80. The molecule has 1 N–H and O–H groups in total. The summed E-state index contributed by atoms with van der Waals surface area (Å²) in [5.41, 5.74) is 0.685. The van der Waals surface area contributed by atoms with Crippen LogP contribution in [0.3, 0.4) is 0 Å². The first kappa shape index (κ1) is 13.5. The Morgan fingerprint density at radius 1 is 1.32 bits per heavy atom. The van der Waals surface area contributed by atoms with E-state index in [9.17, 15) is 4.79 Å². The number of aliphatic hydroxyl groups excluding tert-OH is 1. The van der Waals surface area contributed by atoms with Gasteiger partial charge in [0.1, 0.15) is 0 Å². The van der Waals surface area contributed by atoms with Crippen molar-refractivity contribution in [2.75, 3.05) is 20.3 Å². The predicted octanol–water partition coefficient (Wildman–Crippen LogP) is 1.66. The molecule has 2 atom stereocenters. The highest BCUT2D eigenvalue weighted by Crippen LogP contribution is 2.35. The molecular formula is C13H16O6. The minimum atomic E-state index is -0.781. The first-order valence-corrected chi connectivity index (χ1v) is 5.98. The normalized spacial score (nSPS) is 21.7. The van der Waals surface area contributed by atoms with E-state index in [1.54, 1.807) is 18.2 Å². The molecule has 1 aliphatic heterocycles. The van der Waals surface area contributed by atoms with E-state index in [0.717, 1.165) is 0 Å². The van der Waals surface area contributed by atoms with Crippen LogP contribution in [0.5, 0.6) is 11.5 Å². The monoisotopic (exact) mass is 268 g/mol. The zero-order valence-corrected chi connectivity index (χ0v) is 10.8. The average Bonchev–Trinajstić information content (AvgIpc) is 2.80. The summed E-state index contributed by atoms with van der Waals surface area (Å²) in [6, 6.07) is 5.20. The maximum absolute atomic E-state index is 11.1. The molecular weight excluding hydrogens is 252 g/mol. The van der Waals surface area contributed by atoms with Gasteiger partial charge >= 0.3 is 6.16 Å². The molecule has 0 amide bonds. The molecule has 19 heavy (non-hydrogen) atoms. The van der Waals surface area contributed by atoms with Crippen LogP contribution < -0.4 is 9.47 Å². The first-order chi connectivity index (χ1) is 9.19. The maximum atomic E-state index is 11.1. The van der Waals surface area contributed by atoms with Gasteiger partial charge in [-0.3, -0.25) is 0 Å². The lowest BCUT2D eigenvalue weighted by molar-refractivity contribution is 0.0816. The molecule has 2 unspecified atom stereocenters. The number of methoxy groups -OCH3 is 1. The predicted molar refractivity (Wildman–Crippen MR) is 65.3 cm³/mol. The van der Waals surface area contributed by atoms with Gasteiger partial charge in [-0.15, -0.1) is 0 Å². The van der Waals surface area contributed by atoms with E-state index < -0.39 is 18.4 Å². The van der Waals surface area contributed by atoms with Crippen LogP contribution in [0.25, 0.3) is 0 Å². The zero-order chi connectivity index (χ0) is 13.8. The van der Waals surface area contributed by atoms with E-state index in [2.05, 4.69) is 0 Å². The fraction of sp³-hybridized carbons (Fsp3) is 0.462. The molecule has 1 aliphatic rings. The summed E-state index contributed by atoms with van der Waals surface area (Å²) in [5, 5.41) is 9.17. The molecule has 104 valence electrons. The van der Waals surface area contributed by atoms with E-state index >= 15 is 0 Å². The van der Waals surface area contributed by atoms with Gasteiger partial charge in [0, 0.05) is 5.56 Å². The van der Waals surface area contributed by atoms with Crippen molar-refractivity contribution in [2.45, 2.75) is 19.1 Å². The third-order valence-corrected chi connectivity index (χ3v) is 2.80. The van der Waals surface area contributed by atoms with Crippen LogP contribution in [0.15, 0.2) is 18.2 Å². The Kier molecular flexibility index (Phi) is 4.11. The highest BCUT2D eigenvalue weighted by atomic mass is 16.8. The van der Waals surface area contributed by atoms with Gasteiger partial charge in [0.2, 0.25) is 0 Å². The lowest BCUT2D eigenvalue weighted by Crippen LogP contribution is -2.19. The van der Waals surface area contributed by atoms with Crippen LogP contribution in [0.1, 0.15) is 18.6 Å². The van der Waals surface area contributed by atoms with E-state index in [1.165, 1.54) is 7.11 Å². The van der Waals surface area contributed by atoms with E-state index in [-0.39, 0.29) is 6.61 Å². The van der Waals surface area contributed by atoms with Gasteiger partial charge in [0.25, 0.3) is 0 Å². The van der Waals surface area contributed by atoms with Crippen LogP contribution >= 0.6 is 0 Å². The Labute approximate surface area is 110 Å². The van der Waals surface area contributed by atoms with Crippen LogP contribution in [0.2, 0.25) is 0 Å². The van der Waals surface area contributed by atoms with Crippen molar-refractivity contribution in [3.05, 3.63) is 23.8 Å². The van der Waals surface area contributed by atoms with Crippen molar-refractivity contribution in [1.82, 2.24) is 0 Å². The molecule has 1 aromatic rings. The molecule has 0 radical (unpaired) electrons. The van der Waals surface area contributed by atoms with Crippen molar-refractivity contribution in [2.24, 2.45) is 0 Å². The molecule has 0 aliphatic carbocycles. The van der Waals surface area contributed by atoms with Gasteiger partial charge in [0.05, 0.1) is 20.3 Å². The minimum absolute atomic E-state index is 0.300. The van der Waals surface area contributed by atoms with Gasteiger partial charge in [-0.25, -0.2) is 4.79 Å². The molecule has 1 heterocycles. The van der Waals surface area contributed by atoms with Crippen molar-refractivity contribution in [3.8, 4) is 11.5 Å². The number of ether oxygens (including phenoxy) is 4. The fourth-order valence-electron chi connectivity index (χ4n) is 1.94. The van der Waals surface area contributed by atoms with Crippen LogP contribution in [-0.4, -0.2) is 37.7 Å². The number of hydrogen-bond donors (Lipinski definition) is 1. The van der Waals surface area contributed by atoms with Gasteiger partial charge in [-0.2, -0.15) is 0 Å². The summed E-state index contributed by atoms with van der Waals surface area (Å²) in [4.78, 5) is 11.1. The second kappa shape index (κ2) is 5.79. The second-order valence-electron chi connectivity index (χ2n) is 3.97. The summed E-state index contributed by atoms with van der Waals surface area (Å²) in [6.07, 6.45) is -2.12. The Morgan fingerprint density at radius 3 is 2.74 bits per heavy atom. The molecule has 1 saturated heterocycles. The van der Waals surface area contributed by atoms with Gasteiger partial charge in [0.15, 0.2) is 23.7 Å². The number of carbonyl (C=O) groups excluding carboxylic acids is 1. The first-order valence-electron chi connectivity index (χ1n) is 5.98. The van der Waals surface area contributed by atoms with Crippen molar-refractivity contribution < 1.29 is 28.8 Å². The largest absolute Gasteiger partial charge is 0.509 e. The minimum Gasteiger partial charge on any atom is -0.493 e. The molecule has 0 saturated carbocycles. The maximum Gasteiger partial charge on any atom is 0.509 e. The lowest BCUT2D eigenvalue weighted by Gasteiger charge is -2.16. The molecule has 0 bridgehead atoms. The summed E-state index contributed by atoms with van der Waals surface area (Å²) in [7, 11) is 1.53. The Morgan fingerprint density at radius 2 is 2.11 bits per heavy atom. The molecule has 6 nitrogen and oxygen atoms in total. The lowest BCUT2D eigenvalue weighted by atomic mass is 10.0. The number of cyclic esters (lactones) is 2. The topological polar surface area (TPSA) is 74.2 Å². The molecule has 0 aromatic heterocycles. The number of rotatable bonds is 5. The highest BCUT2D eigenvalue weighted by molar-refractivity contribution is 5.63. The van der Waals surface area contributed by atoms with Crippen LogP contribution in [0.4, 0.5) is 4.79 Å². The van der Waals surface area contributed by atoms with Gasteiger partial charge in [-0.05, 0) is 19.1 Å². The standard InChI is InChI=1S/C13H16O6/c1-3-17-9-5-4-8(6-10(9)16-2)12-11(7-14)18-13(15)19-12/h4-6,11-12,14H,3,7H2,1-2H3. The molecule has 2 rings (SSSR count). The SMILES string of the molecule is CCOc1ccc(C2OC(=O)OC2CO)cc1OC. The molecule has 6 heteroatoms. The smallest absolute Gasteiger partial charge is 0.493 e. The van der Waals surface area contributed by atoms with Crippen LogP contribution in [0, 0.1) is 0 Å². The van der Waals surface area contributed by atoms with E-state index in [4.69, 9.17) is 24.1 Å². The molecule has 0 spiro atoms.